The first-order chi connectivity index (χ1) is 9.81. The van der Waals surface area contributed by atoms with Crippen molar-refractivity contribution in [3.8, 4) is 5.75 Å². The van der Waals surface area contributed by atoms with Crippen LogP contribution in [0.3, 0.4) is 0 Å². The number of hydrogen-bond acceptors (Lipinski definition) is 4. The van der Waals surface area contributed by atoms with Crippen LogP contribution in [0.5, 0.6) is 5.75 Å². The molecule has 116 valence electrons. The van der Waals surface area contributed by atoms with Crippen molar-refractivity contribution in [2.45, 2.75) is 32.2 Å². The van der Waals surface area contributed by atoms with Crippen molar-refractivity contribution >= 4 is 5.97 Å². The third-order valence-corrected chi connectivity index (χ3v) is 4.64. The van der Waals surface area contributed by atoms with Crippen molar-refractivity contribution in [2.24, 2.45) is 11.3 Å². The zero-order chi connectivity index (χ0) is 15.7. The minimum Gasteiger partial charge on any atom is -0.508 e. The lowest BCUT2D eigenvalue weighted by Crippen LogP contribution is -2.46. The van der Waals surface area contributed by atoms with Gasteiger partial charge in [0, 0.05) is 17.5 Å². The average Bonchev–Trinajstić information content (AvgIpc) is 2.70. The van der Waals surface area contributed by atoms with Crippen molar-refractivity contribution in [3.63, 3.8) is 0 Å². The van der Waals surface area contributed by atoms with E-state index in [-0.39, 0.29) is 12.4 Å². The second-order valence-electron chi connectivity index (χ2n) is 6.53. The molecule has 0 saturated carbocycles. The molecular formula is C16H23NO4. The molecule has 1 aromatic carbocycles. The minimum absolute atomic E-state index is 0.154. The van der Waals surface area contributed by atoms with E-state index in [1.54, 1.807) is 12.1 Å². The fourth-order valence-corrected chi connectivity index (χ4v) is 3.46. The topological polar surface area (TPSA) is 89.8 Å². The maximum absolute atomic E-state index is 11.7. The standard InChI is InChI=1S/C16H23NO4/c1-15(2)13(14(20)21)16(10-18,9-17-15)8-7-11-3-5-12(19)6-4-11/h3-6,13,17-19H,7-10H2,1-2H3,(H,20,21)/t13-,16?/m0/s1. The van der Waals surface area contributed by atoms with E-state index in [1.807, 2.05) is 26.0 Å². The van der Waals surface area contributed by atoms with E-state index >= 15 is 0 Å². The monoisotopic (exact) mass is 293 g/mol. The van der Waals surface area contributed by atoms with Gasteiger partial charge in [0.25, 0.3) is 0 Å². The molecule has 0 spiro atoms. The molecule has 0 radical (unpaired) electrons. The highest BCUT2D eigenvalue weighted by Gasteiger charge is 2.55. The van der Waals surface area contributed by atoms with E-state index in [0.29, 0.717) is 19.4 Å². The molecule has 0 aliphatic carbocycles. The Morgan fingerprint density at radius 2 is 1.95 bits per heavy atom. The third-order valence-electron chi connectivity index (χ3n) is 4.64. The Morgan fingerprint density at radius 3 is 2.48 bits per heavy atom. The Bertz CT molecular complexity index is 512. The highest BCUT2D eigenvalue weighted by atomic mass is 16.4. The third kappa shape index (κ3) is 3.04. The first kappa shape index (κ1) is 15.8. The summed E-state index contributed by atoms with van der Waals surface area (Å²) < 4.78 is 0. The van der Waals surface area contributed by atoms with Gasteiger partial charge in [-0.05, 0) is 44.4 Å². The lowest BCUT2D eigenvalue weighted by atomic mass is 9.68. The van der Waals surface area contributed by atoms with E-state index in [2.05, 4.69) is 5.32 Å². The lowest BCUT2D eigenvalue weighted by Gasteiger charge is -2.35. The minimum atomic E-state index is -0.871. The maximum Gasteiger partial charge on any atom is 0.309 e. The summed E-state index contributed by atoms with van der Waals surface area (Å²) in [5, 5.41) is 31.9. The molecule has 0 aromatic heterocycles. The molecule has 1 heterocycles. The number of phenolic OH excluding ortho intramolecular Hbond substituents is 1. The number of hydrogen-bond donors (Lipinski definition) is 4. The number of rotatable bonds is 5. The van der Waals surface area contributed by atoms with Crippen LogP contribution in [-0.4, -0.2) is 40.0 Å². The molecule has 1 fully saturated rings. The number of aromatic hydroxyl groups is 1. The molecule has 1 aliphatic heterocycles. The molecule has 4 N–H and O–H groups in total. The van der Waals surface area contributed by atoms with Gasteiger partial charge in [-0.2, -0.15) is 0 Å². The molecule has 2 atom stereocenters. The van der Waals surface area contributed by atoms with Crippen molar-refractivity contribution in [3.05, 3.63) is 29.8 Å². The van der Waals surface area contributed by atoms with E-state index in [0.717, 1.165) is 5.56 Å². The first-order valence-corrected chi connectivity index (χ1v) is 7.17. The lowest BCUT2D eigenvalue weighted by molar-refractivity contribution is -0.148. The average molecular weight is 293 g/mol. The smallest absolute Gasteiger partial charge is 0.309 e. The van der Waals surface area contributed by atoms with E-state index in [4.69, 9.17) is 0 Å². The van der Waals surface area contributed by atoms with Gasteiger partial charge in [-0.15, -0.1) is 0 Å². The van der Waals surface area contributed by atoms with Crippen LogP contribution in [0.4, 0.5) is 0 Å². The number of aryl methyl sites for hydroxylation is 1. The van der Waals surface area contributed by atoms with E-state index < -0.39 is 22.8 Å². The zero-order valence-corrected chi connectivity index (χ0v) is 12.5. The number of aliphatic carboxylic acids is 1. The number of phenols is 1. The van der Waals surface area contributed by atoms with Gasteiger partial charge in [-0.1, -0.05) is 12.1 Å². The Balaban J connectivity index is 2.17. The maximum atomic E-state index is 11.7. The number of nitrogens with one attached hydrogen (secondary N) is 1. The van der Waals surface area contributed by atoms with Crippen LogP contribution >= 0.6 is 0 Å². The summed E-state index contributed by atoms with van der Waals surface area (Å²) >= 11 is 0. The molecule has 1 saturated heterocycles. The summed E-state index contributed by atoms with van der Waals surface area (Å²) in [7, 11) is 0. The van der Waals surface area contributed by atoms with Gasteiger partial charge in [0.1, 0.15) is 5.75 Å². The van der Waals surface area contributed by atoms with Crippen LogP contribution in [0.1, 0.15) is 25.8 Å². The van der Waals surface area contributed by atoms with Crippen LogP contribution in [-0.2, 0) is 11.2 Å². The predicted octanol–water partition coefficient (Wildman–Crippen LogP) is 1.39. The highest BCUT2D eigenvalue weighted by Crippen LogP contribution is 2.44. The Hall–Kier alpha value is -1.59. The van der Waals surface area contributed by atoms with Gasteiger partial charge < -0.3 is 20.6 Å². The number of carboxylic acid groups (broad SMARTS) is 1. The molecule has 2 rings (SSSR count). The Kier molecular flexibility index (Phi) is 4.25. The van der Waals surface area contributed by atoms with Crippen molar-refractivity contribution in [1.82, 2.24) is 5.32 Å². The fraction of sp³-hybridized carbons (Fsp3) is 0.562. The summed E-state index contributed by atoms with van der Waals surface area (Å²) in [6, 6.07) is 6.88. The van der Waals surface area contributed by atoms with Crippen LogP contribution in [0.2, 0.25) is 0 Å². The number of benzene rings is 1. The quantitative estimate of drug-likeness (QED) is 0.658. The van der Waals surface area contributed by atoms with Gasteiger partial charge in [0.15, 0.2) is 0 Å². The number of carboxylic acids is 1. The first-order valence-electron chi connectivity index (χ1n) is 7.17. The van der Waals surface area contributed by atoms with Crippen LogP contribution < -0.4 is 5.32 Å². The van der Waals surface area contributed by atoms with E-state index in [1.165, 1.54) is 0 Å². The normalized spacial score (nSPS) is 27.7. The number of carbonyl (C=O) groups is 1. The Labute approximate surface area is 124 Å². The molecular weight excluding hydrogens is 270 g/mol. The zero-order valence-electron chi connectivity index (χ0n) is 12.5. The van der Waals surface area contributed by atoms with Crippen molar-refractivity contribution in [1.29, 1.82) is 0 Å². The summed E-state index contributed by atoms with van der Waals surface area (Å²) in [6.07, 6.45) is 1.25. The molecule has 1 aromatic rings. The van der Waals surface area contributed by atoms with Gasteiger partial charge in [0.05, 0.1) is 12.5 Å². The molecule has 0 amide bonds. The largest absolute Gasteiger partial charge is 0.508 e. The van der Waals surface area contributed by atoms with Crippen molar-refractivity contribution in [2.75, 3.05) is 13.2 Å². The number of aliphatic hydroxyl groups is 1. The SMILES string of the molecule is CC1(C)NCC(CO)(CCc2ccc(O)cc2)[C@H]1C(=O)O. The summed E-state index contributed by atoms with van der Waals surface area (Å²) in [6.45, 7) is 4.07. The van der Waals surface area contributed by atoms with Gasteiger partial charge in [-0.25, -0.2) is 0 Å². The van der Waals surface area contributed by atoms with Gasteiger partial charge in [-0.3, -0.25) is 4.79 Å². The van der Waals surface area contributed by atoms with Crippen LogP contribution in [0.25, 0.3) is 0 Å². The van der Waals surface area contributed by atoms with Gasteiger partial charge in [0.2, 0.25) is 0 Å². The predicted molar refractivity (Wildman–Crippen MR) is 79.2 cm³/mol. The number of aliphatic hydroxyl groups excluding tert-OH is 1. The molecule has 1 aliphatic rings. The molecule has 0 bridgehead atoms. The summed E-state index contributed by atoms with van der Waals surface area (Å²) in [4.78, 5) is 11.7. The Morgan fingerprint density at radius 1 is 1.33 bits per heavy atom. The fourth-order valence-electron chi connectivity index (χ4n) is 3.46. The second kappa shape index (κ2) is 5.66. The van der Waals surface area contributed by atoms with Crippen LogP contribution in [0, 0.1) is 11.3 Å². The van der Waals surface area contributed by atoms with E-state index in [9.17, 15) is 20.1 Å². The molecule has 1 unspecified atom stereocenters. The molecule has 21 heavy (non-hydrogen) atoms. The van der Waals surface area contributed by atoms with Crippen LogP contribution in [0.15, 0.2) is 24.3 Å². The summed E-state index contributed by atoms with van der Waals surface area (Å²) in [5.41, 5.74) is -0.175. The van der Waals surface area contributed by atoms with Gasteiger partial charge >= 0.3 is 5.97 Å². The highest BCUT2D eigenvalue weighted by molar-refractivity contribution is 5.73. The summed E-state index contributed by atoms with van der Waals surface area (Å²) in [5.74, 6) is -1.29. The molecule has 5 heteroatoms. The molecule has 5 nitrogen and oxygen atoms in total. The van der Waals surface area contributed by atoms with Crippen molar-refractivity contribution < 1.29 is 20.1 Å². The second-order valence-corrected chi connectivity index (χ2v) is 6.53.